The van der Waals surface area contributed by atoms with Gasteiger partial charge in [0, 0.05) is 13.1 Å². The van der Waals surface area contributed by atoms with Crippen LogP contribution in [0.1, 0.15) is 39.3 Å². The van der Waals surface area contributed by atoms with Crippen molar-refractivity contribution < 1.29 is 0 Å². The third-order valence-electron chi connectivity index (χ3n) is 3.05. The average Bonchev–Trinajstić information content (AvgIpc) is 2.43. The fourth-order valence-electron chi connectivity index (χ4n) is 1.16. The molecule has 0 saturated carbocycles. The zero-order chi connectivity index (χ0) is 11.6. The summed E-state index contributed by atoms with van der Waals surface area (Å²) >= 11 is 0. The molecule has 0 fully saturated rings. The number of hydrogen-bond acceptors (Lipinski definition) is 3. The third-order valence-corrected chi connectivity index (χ3v) is 3.05. The van der Waals surface area contributed by atoms with Crippen LogP contribution in [0.5, 0.6) is 0 Å². The molecular weight excluding hydrogens is 188 g/mol. The minimum Gasteiger partial charge on any atom is -0.317 e. The molecule has 0 aliphatic carbocycles. The highest BCUT2D eigenvalue weighted by Gasteiger charge is 2.19. The quantitative estimate of drug-likeness (QED) is 0.825. The minimum atomic E-state index is 0.271. The van der Waals surface area contributed by atoms with E-state index in [0.29, 0.717) is 6.04 Å². The smallest absolute Gasteiger partial charge is 0.146 e. The Hall–Kier alpha value is -0.900. The SMILES string of the molecule is Cc1nnc(CNC(C)C(C)(C)C)n1C. The van der Waals surface area contributed by atoms with Crippen LogP contribution < -0.4 is 5.32 Å². The molecule has 0 spiro atoms. The Bertz CT molecular complexity index is 322. The van der Waals surface area contributed by atoms with Crippen molar-refractivity contribution >= 4 is 0 Å². The monoisotopic (exact) mass is 210 g/mol. The summed E-state index contributed by atoms with van der Waals surface area (Å²) in [6.07, 6.45) is 0. The molecular formula is C11H22N4. The van der Waals surface area contributed by atoms with Gasteiger partial charge in [-0.05, 0) is 19.3 Å². The molecule has 1 aromatic rings. The van der Waals surface area contributed by atoms with E-state index in [-0.39, 0.29) is 5.41 Å². The highest BCUT2D eigenvalue weighted by Crippen LogP contribution is 2.18. The van der Waals surface area contributed by atoms with Crippen LogP contribution >= 0.6 is 0 Å². The summed E-state index contributed by atoms with van der Waals surface area (Å²) in [7, 11) is 1.99. The lowest BCUT2D eigenvalue weighted by atomic mass is 9.88. The summed E-state index contributed by atoms with van der Waals surface area (Å²) in [5.41, 5.74) is 0.271. The number of nitrogens with one attached hydrogen (secondary N) is 1. The molecule has 0 bridgehead atoms. The van der Waals surface area contributed by atoms with Gasteiger partial charge in [0.05, 0.1) is 6.54 Å². The van der Waals surface area contributed by atoms with Crippen LogP contribution in [-0.2, 0) is 13.6 Å². The molecule has 1 unspecified atom stereocenters. The first-order valence-corrected chi connectivity index (χ1v) is 5.40. The van der Waals surface area contributed by atoms with Crippen molar-refractivity contribution in [3.8, 4) is 0 Å². The van der Waals surface area contributed by atoms with Crippen molar-refractivity contribution in [3.05, 3.63) is 11.6 Å². The van der Waals surface area contributed by atoms with Crippen molar-refractivity contribution in [1.82, 2.24) is 20.1 Å². The zero-order valence-corrected chi connectivity index (χ0v) is 10.6. The maximum absolute atomic E-state index is 4.12. The third kappa shape index (κ3) is 3.02. The topological polar surface area (TPSA) is 42.7 Å². The maximum Gasteiger partial charge on any atom is 0.146 e. The Balaban J connectivity index is 2.55. The van der Waals surface area contributed by atoms with E-state index in [1.54, 1.807) is 0 Å². The first-order valence-electron chi connectivity index (χ1n) is 5.40. The number of rotatable bonds is 3. The van der Waals surface area contributed by atoms with Gasteiger partial charge in [-0.1, -0.05) is 20.8 Å². The van der Waals surface area contributed by atoms with Gasteiger partial charge in [0.2, 0.25) is 0 Å². The summed E-state index contributed by atoms with van der Waals surface area (Å²) < 4.78 is 2.02. The van der Waals surface area contributed by atoms with Gasteiger partial charge in [-0.15, -0.1) is 10.2 Å². The molecule has 1 N–H and O–H groups in total. The summed E-state index contributed by atoms with van der Waals surface area (Å²) in [5.74, 6) is 1.94. The molecule has 0 aliphatic heterocycles. The first-order chi connectivity index (χ1) is 6.82. The second-order valence-electron chi connectivity index (χ2n) is 5.19. The predicted molar refractivity (Wildman–Crippen MR) is 61.5 cm³/mol. The van der Waals surface area contributed by atoms with Gasteiger partial charge >= 0.3 is 0 Å². The van der Waals surface area contributed by atoms with E-state index in [1.165, 1.54) is 0 Å². The molecule has 0 aliphatic rings. The standard InChI is InChI=1S/C11H22N4/c1-8(11(3,4)5)12-7-10-14-13-9(2)15(10)6/h8,12H,7H2,1-6H3. The van der Waals surface area contributed by atoms with E-state index in [4.69, 9.17) is 0 Å². The summed E-state index contributed by atoms with van der Waals surface area (Å²) in [4.78, 5) is 0. The van der Waals surface area contributed by atoms with E-state index in [2.05, 4.69) is 43.2 Å². The van der Waals surface area contributed by atoms with Crippen molar-refractivity contribution in [1.29, 1.82) is 0 Å². The first kappa shape index (κ1) is 12.2. The number of hydrogen-bond donors (Lipinski definition) is 1. The lowest BCUT2D eigenvalue weighted by Crippen LogP contribution is -2.37. The summed E-state index contributed by atoms with van der Waals surface area (Å²) in [6.45, 7) is 11.6. The molecule has 1 heterocycles. The van der Waals surface area contributed by atoms with Crippen molar-refractivity contribution in [2.24, 2.45) is 12.5 Å². The maximum atomic E-state index is 4.12. The Labute approximate surface area is 92.1 Å². The Morgan fingerprint density at radius 2 is 1.93 bits per heavy atom. The zero-order valence-electron chi connectivity index (χ0n) is 10.6. The van der Waals surface area contributed by atoms with Crippen LogP contribution in [-0.4, -0.2) is 20.8 Å². The van der Waals surface area contributed by atoms with E-state index in [0.717, 1.165) is 18.2 Å². The van der Waals surface area contributed by atoms with Gasteiger partial charge in [-0.3, -0.25) is 0 Å². The molecule has 86 valence electrons. The number of aryl methyl sites for hydroxylation is 1. The molecule has 1 atom stereocenters. The second kappa shape index (κ2) is 4.31. The van der Waals surface area contributed by atoms with E-state index in [1.807, 2.05) is 18.5 Å². The highest BCUT2D eigenvalue weighted by atomic mass is 15.3. The van der Waals surface area contributed by atoms with E-state index >= 15 is 0 Å². The largest absolute Gasteiger partial charge is 0.317 e. The summed E-state index contributed by atoms with van der Waals surface area (Å²) in [6, 6.07) is 0.453. The molecule has 0 saturated heterocycles. The molecule has 4 nitrogen and oxygen atoms in total. The van der Waals surface area contributed by atoms with Gasteiger partial charge < -0.3 is 9.88 Å². The van der Waals surface area contributed by atoms with Gasteiger partial charge in [-0.25, -0.2) is 0 Å². The van der Waals surface area contributed by atoms with Crippen molar-refractivity contribution in [2.75, 3.05) is 0 Å². The van der Waals surface area contributed by atoms with Gasteiger partial charge in [0.25, 0.3) is 0 Å². The lowest BCUT2D eigenvalue weighted by Gasteiger charge is -2.28. The Morgan fingerprint density at radius 1 is 1.33 bits per heavy atom. The minimum absolute atomic E-state index is 0.271. The Morgan fingerprint density at radius 3 is 2.33 bits per heavy atom. The highest BCUT2D eigenvalue weighted by molar-refractivity contribution is 4.92. The molecule has 15 heavy (non-hydrogen) atoms. The molecule has 0 amide bonds. The predicted octanol–water partition coefficient (Wildman–Crippen LogP) is 1.65. The van der Waals surface area contributed by atoms with Crippen LogP contribution in [0, 0.1) is 12.3 Å². The second-order valence-corrected chi connectivity index (χ2v) is 5.19. The van der Waals surface area contributed by atoms with E-state index in [9.17, 15) is 0 Å². The molecule has 4 heteroatoms. The molecule has 1 rings (SSSR count). The molecule has 0 radical (unpaired) electrons. The fraction of sp³-hybridized carbons (Fsp3) is 0.818. The van der Waals surface area contributed by atoms with E-state index < -0.39 is 0 Å². The Kier molecular flexibility index (Phi) is 3.50. The van der Waals surface area contributed by atoms with Crippen molar-refractivity contribution in [2.45, 2.75) is 47.2 Å². The van der Waals surface area contributed by atoms with Crippen LogP contribution in [0.2, 0.25) is 0 Å². The summed E-state index contributed by atoms with van der Waals surface area (Å²) in [5, 5.41) is 11.6. The van der Waals surface area contributed by atoms with Gasteiger partial charge in [-0.2, -0.15) is 0 Å². The number of nitrogens with zero attached hydrogens (tertiary/aromatic N) is 3. The van der Waals surface area contributed by atoms with Crippen LogP contribution in [0.15, 0.2) is 0 Å². The molecule has 0 aromatic carbocycles. The molecule has 1 aromatic heterocycles. The normalized spacial score (nSPS) is 14.3. The lowest BCUT2D eigenvalue weighted by molar-refractivity contribution is 0.282. The average molecular weight is 210 g/mol. The van der Waals surface area contributed by atoms with Crippen LogP contribution in [0.25, 0.3) is 0 Å². The van der Waals surface area contributed by atoms with Gasteiger partial charge in [0.1, 0.15) is 11.6 Å². The fourth-order valence-corrected chi connectivity index (χ4v) is 1.16. The number of aromatic nitrogens is 3. The van der Waals surface area contributed by atoms with Crippen LogP contribution in [0.4, 0.5) is 0 Å². The van der Waals surface area contributed by atoms with Gasteiger partial charge in [0.15, 0.2) is 0 Å². The van der Waals surface area contributed by atoms with Crippen LogP contribution in [0.3, 0.4) is 0 Å². The van der Waals surface area contributed by atoms with Crippen molar-refractivity contribution in [3.63, 3.8) is 0 Å².